The number of nitrogens with zero attached hydrogens (tertiary/aromatic N) is 3. The Balaban J connectivity index is 1.56. The van der Waals surface area contributed by atoms with E-state index < -0.39 is 0 Å². The average molecular weight is 339 g/mol. The van der Waals surface area contributed by atoms with Crippen LogP contribution >= 0.6 is 0 Å². The predicted octanol–water partition coefficient (Wildman–Crippen LogP) is 3.18. The van der Waals surface area contributed by atoms with Crippen LogP contribution in [-0.2, 0) is 0 Å². The van der Waals surface area contributed by atoms with Gasteiger partial charge in [0.25, 0.3) is 0 Å². The lowest BCUT2D eigenvalue weighted by Crippen LogP contribution is -2.46. The van der Waals surface area contributed by atoms with E-state index in [1.54, 1.807) is 6.20 Å². The SMILES string of the molecule is CCN1CCN(c2ccc(NC(=O)Nc3ccccc3C)cn2)CC1. The fourth-order valence-electron chi connectivity index (χ4n) is 2.94. The van der Waals surface area contributed by atoms with Gasteiger partial charge in [-0.05, 0) is 37.2 Å². The Bertz CT molecular complexity index is 708. The molecule has 1 aromatic carbocycles. The predicted molar refractivity (Wildman–Crippen MR) is 102 cm³/mol. The zero-order valence-corrected chi connectivity index (χ0v) is 14.8. The zero-order valence-electron chi connectivity index (χ0n) is 14.8. The first-order valence-electron chi connectivity index (χ1n) is 8.72. The molecule has 2 amide bonds. The van der Waals surface area contributed by atoms with Gasteiger partial charge in [-0.1, -0.05) is 25.1 Å². The maximum atomic E-state index is 12.1. The minimum Gasteiger partial charge on any atom is -0.354 e. The van der Waals surface area contributed by atoms with Gasteiger partial charge in [-0.15, -0.1) is 0 Å². The van der Waals surface area contributed by atoms with E-state index in [-0.39, 0.29) is 6.03 Å². The molecule has 1 saturated heterocycles. The highest BCUT2D eigenvalue weighted by Crippen LogP contribution is 2.17. The highest BCUT2D eigenvalue weighted by atomic mass is 16.2. The summed E-state index contributed by atoms with van der Waals surface area (Å²) < 4.78 is 0. The first-order chi connectivity index (χ1) is 12.2. The Hall–Kier alpha value is -2.60. The van der Waals surface area contributed by atoms with Gasteiger partial charge in [-0.2, -0.15) is 0 Å². The number of likely N-dealkylation sites (N-methyl/N-ethyl adjacent to an activating group) is 1. The number of benzene rings is 1. The number of carbonyl (C=O) groups is 1. The Morgan fingerprint density at radius 1 is 1.08 bits per heavy atom. The summed E-state index contributed by atoms with van der Waals surface area (Å²) in [5, 5.41) is 5.68. The van der Waals surface area contributed by atoms with Crippen LogP contribution in [0, 0.1) is 6.92 Å². The summed E-state index contributed by atoms with van der Waals surface area (Å²) in [5.74, 6) is 0.959. The average Bonchev–Trinajstić information content (AvgIpc) is 2.64. The molecule has 1 aromatic heterocycles. The van der Waals surface area contributed by atoms with Crippen molar-refractivity contribution in [3.63, 3.8) is 0 Å². The minimum atomic E-state index is -0.264. The molecule has 0 radical (unpaired) electrons. The molecule has 6 heteroatoms. The largest absolute Gasteiger partial charge is 0.354 e. The number of aromatic nitrogens is 1. The van der Waals surface area contributed by atoms with Crippen LogP contribution in [-0.4, -0.2) is 48.6 Å². The fourth-order valence-corrected chi connectivity index (χ4v) is 2.94. The molecule has 132 valence electrons. The van der Waals surface area contributed by atoms with Gasteiger partial charge in [-0.25, -0.2) is 9.78 Å². The van der Waals surface area contributed by atoms with E-state index in [0.29, 0.717) is 5.69 Å². The number of nitrogens with one attached hydrogen (secondary N) is 2. The van der Waals surface area contributed by atoms with E-state index in [4.69, 9.17) is 0 Å². The molecule has 1 fully saturated rings. The van der Waals surface area contributed by atoms with Crippen LogP contribution in [0.2, 0.25) is 0 Å². The molecule has 1 aliphatic rings. The quantitative estimate of drug-likeness (QED) is 0.898. The maximum Gasteiger partial charge on any atom is 0.323 e. The van der Waals surface area contributed by atoms with E-state index in [0.717, 1.165) is 49.8 Å². The number of para-hydroxylation sites is 1. The number of piperazine rings is 1. The molecule has 0 unspecified atom stereocenters. The summed E-state index contributed by atoms with van der Waals surface area (Å²) in [7, 11) is 0. The lowest BCUT2D eigenvalue weighted by Gasteiger charge is -2.34. The van der Waals surface area contributed by atoms with Crippen LogP contribution in [0.5, 0.6) is 0 Å². The Labute approximate surface area is 148 Å². The number of pyridine rings is 1. The molecule has 0 bridgehead atoms. The second-order valence-electron chi connectivity index (χ2n) is 6.22. The summed E-state index contributed by atoms with van der Waals surface area (Å²) in [6.07, 6.45) is 1.71. The van der Waals surface area contributed by atoms with E-state index >= 15 is 0 Å². The third kappa shape index (κ3) is 4.48. The number of amides is 2. The van der Waals surface area contributed by atoms with Gasteiger partial charge in [-0.3, -0.25) is 0 Å². The van der Waals surface area contributed by atoms with Crippen LogP contribution in [0.15, 0.2) is 42.6 Å². The molecule has 2 aromatic rings. The van der Waals surface area contributed by atoms with Gasteiger partial charge < -0.3 is 20.4 Å². The van der Waals surface area contributed by atoms with Crippen LogP contribution < -0.4 is 15.5 Å². The molecule has 2 N–H and O–H groups in total. The molecule has 6 nitrogen and oxygen atoms in total. The third-order valence-corrected chi connectivity index (χ3v) is 4.54. The van der Waals surface area contributed by atoms with Crippen LogP contribution in [0.25, 0.3) is 0 Å². The Morgan fingerprint density at radius 3 is 2.48 bits per heavy atom. The van der Waals surface area contributed by atoms with Crippen molar-refractivity contribution in [2.45, 2.75) is 13.8 Å². The number of hydrogen-bond acceptors (Lipinski definition) is 4. The van der Waals surface area contributed by atoms with Crippen molar-refractivity contribution in [1.29, 1.82) is 0 Å². The lowest BCUT2D eigenvalue weighted by atomic mass is 10.2. The van der Waals surface area contributed by atoms with Gasteiger partial charge in [0.15, 0.2) is 0 Å². The molecule has 3 rings (SSSR count). The van der Waals surface area contributed by atoms with E-state index in [2.05, 4.69) is 32.3 Å². The van der Waals surface area contributed by atoms with Gasteiger partial charge in [0.05, 0.1) is 11.9 Å². The molecule has 0 atom stereocenters. The minimum absolute atomic E-state index is 0.264. The first kappa shape index (κ1) is 17.2. The van der Waals surface area contributed by atoms with Crippen molar-refractivity contribution in [1.82, 2.24) is 9.88 Å². The molecule has 0 saturated carbocycles. The number of anilines is 3. The fraction of sp³-hybridized carbons (Fsp3) is 0.368. The number of aryl methyl sites for hydroxylation is 1. The van der Waals surface area contributed by atoms with Crippen LogP contribution in [0.1, 0.15) is 12.5 Å². The molecule has 2 heterocycles. The van der Waals surface area contributed by atoms with Gasteiger partial charge in [0.2, 0.25) is 0 Å². The van der Waals surface area contributed by atoms with E-state index in [1.807, 2.05) is 43.3 Å². The van der Waals surface area contributed by atoms with Gasteiger partial charge >= 0.3 is 6.03 Å². The van der Waals surface area contributed by atoms with Crippen molar-refractivity contribution in [3.8, 4) is 0 Å². The molecule has 0 spiro atoms. The summed E-state index contributed by atoms with van der Waals surface area (Å²) >= 11 is 0. The zero-order chi connectivity index (χ0) is 17.6. The second kappa shape index (κ2) is 7.98. The summed E-state index contributed by atoms with van der Waals surface area (Å²) in [5.41, 5.74) is 2.51. The maximum absolute atomic E-state index is 12.1. The summed E-state index contributed by atoms with van der Waals surface area (Å²) in [6, 6.07) is 11.3. The molecule has 0 aliphatic carbocycles. The van der Waals surface area contributed by atoms with Crippen molar-refractivity contribution in [3.05, 3.63) is 48.2 Å². The van der Waals surface area contributed by atoms with E-state index in [1.165, 1.54) is 0 Å². The summed E-state index contributed by atoms with van der Waals surface area (Å²) in [4.78, 5) is 21.3. The molecule has 25 heavy (non-hydrogen) atoms. The third-order valence-electron chi connectivity index (χ3n) is 4.54. The van der Waals surface area contributed by atoms with Crippen molar-refractivity contribution < 1.29 is 4.79 Å². The van der Waals surface area contributed by atoms with Crippen molar-refractivity contribution in [2.24, 2.45) is 0 Å². The number of rotatable bonds is 4. The topological polar surface area (TPSA) is 60.5 Å². The molecule has 1 aliphatic heterocycles. The number of carbonyl (C=O) groups excluding carboxylic acids is 1. The van der Waals surface area contributed by atoms with Gasteiger partial charge in [0.1, 0.15) is 5.82 Å². The summed E-state index contributed by atoms with van der Waals surface area (Å²) in [6.45, 7) is 9.36. The van der Waals surface area contributed by atoms with Gasteiger partial charge in [0, 0.05) is 31.9 Å². The standard InChI is InChI=1S/C19H25N5O/c1-3-23-10-12-24(13-11-23)18-9-8-16(14-20-18)21-19(25)22-17-7-5-4-6-15(17)2/h4-9,14H,3,10-13H2,1-2H3,(H2,21,22,25). The highest BCUT2D eigenvalue weighted by Gasteiger charge is 2.16. The number of hydrogen-bond donors (Lipinski definition) is 2. The molecular weight excluding hydrogens is 314 g/mol. The lowest BCUT2D eigenvalue weighted by molar-refractivity contribution is 0.262. The van der Waals surface area contributed by atoms with E-state index in [9.17, 15) is 4.79 Å². The number of urea groups is 1. The Morgan fingerprint density at radius 2 is 1.84 bits per heavy atom. The normalized spacial score (nSPS) is 15.0. The van der Waals surface area contributed by atoms with Crippen LogP contribution in [0.4, 0.5) is 22.0 Å². The van der Waals surface area contributed by atoms with Crippen molar-refractivity contribution in [2.75, 3.05) is 48.3 Å². The second-order valence-corrected chi connectivity index (χ2v) is 6.22. The van der Waals surface area contributed by atoms with Crippen LogP contribution in [0.3, 0.4) is 0 Å². The highest BCUT2D eigenvalue weighted by molar-refractivity contribution is 6.00. The molecular formula is C19H25N5O. The monoisotopic (exact) mass is 339 g/mol. The van der Waals surface area contributed by atoms with Crippen molar-refractivity contribution >= 4 is 23.2 Å². The Kier molecular flexibility index (Phi) is 5.50. The first-order valence-corrected chi connectivity index (χ1v) is 8.72. The smallest absolute Gasteiger partial charge is 0.323 e.